The largest absolute Gasteiger partial charge is 0.444 e. The van der Waals surface area contributed by atoms with Gasteiger partial charge in [0.25, 0.3) is 0 Å². The molecule has 286 valence electrons. The van der Waals surface area contributed by atoms with E-state index < -0.39 is 20.0 Å². The molecule has 0 bridgehead atoms. The van der Waals surface area contributed by atoms with Crippen LogP contribution in [-0.4, -0.2) is 76.5 Å². The standard InChI is InChI=1S/C20H23BrN2O3S.C19H19BrN2O4S/c1-15-4-2-5-16-13-26-14-23(20(15)16)18-8-10-22(11-9-18)27(24,25)19-7-3-6-17(21)12-19;20-15-5-3-6-17(12-15)27(24,25)21-10-8-16(9-11-21)22-18-7-2-1-4-14(18)13-26-19(22)23/h2-7,12,18H,8-11,13-14H2,1H3;1-7,12,16H,8-11,13H2. The average Bonchev–Trinajstić information content (AvgIpc) is 3.18. The van der Waals surface area contributed by atoms with Crippen molar-refractivity contribution in [2.75, 3.05) is 42.7 Å². The highest BCUT2D eigenvalue weighted by Crippen LogP contribution is 2.35. The molecule has 0 spiro atoms. The normalized spacial score (nSPS) is 19.0. The number of sulfonamides is 2. The van der Waals surface area contributed by atoms with Crippen LogP contribution in [0.5, 0.6) is 0 Å². The molecule has 4 aliphatic rings. The summed E-state index contributed by atoms with van der Waals surface area (Å²) in [6.45, 7) is 5.40. The van der Waals surface area contributed by atoms with Gasteiger partial charge in [0.05, 0.1) is 22.1 Å². The third-order valence-corrected chi connectivity index (χ3v) is 15.2. The molecule has 0 atom stereocenters. The molecule has 8 rings (SSSR count). The number of piperidine rings is 2. The summed E-state index contributed by atoms with van der Waals surface area (Å²) in [4.78, 5) is 17.0. The number of cyclic esters (lactones) is 1. The zero-order valence-electron chi connectivity index (χ0n) is 29.8. The van der Waals surface area contributed by atoms with E-state index in [0.29, 0.717) is 63.3 Å². The summed E-state index contributed by atoms with van der Waals surface area (Å²) in [5, 5.41) is 0. The van der Waals surface area contributed by atoms with Crippen LogP contribution in [0, 0.1) is 6.92 Å². The van der Waals surface area contributed by atoms with Crippen molar-refractivity contribution < 1.29 is 31.1 Å². The summed E-state index contributed by atoms with van der Waals surface area (Å²) in [7, 11) is -7.00. The lowest BCUT2D eigenvalue weighted by Crippen LogP contribution is -2.50. The monoisotopic (exact) mass is 900 g/mol. The van der Waals surface area contributed by atoms with Gasteiger partial charge in [0.15, 0.2) is 0 Å². The highest BCUT2D eigenvalue weighted by Gasteiger charge is 2.37. The predicted octanol–water partition coefficient (Wildman–Crippen LogP) is 7.66. The minimum absolute atomic E-state index is 0.0760. The van der Waals surface area contributed by atoms with Crippen LogP contribution in [0.4, 0.5) is 16.2 Å². The Kier molecular flexibility index (Phi) is 11.8. The Morgan fingerprint density at radius 2 is 1.19 bits per heavy atom. The van der Waals surface area contributed by atoms with E-state index in [2.05, 4.69) is 61.9 Å². The van der Waals surface area contributed by atoms with Crippen LogP contribution in [0.2, 0.25) is 0 Å². The maximum absolute atomic E-state index is 12.9. The lowest BCUT2D eigenvalue weighted by Gasteiger charge is -2.42. The molecule has 0 N–H and O–H groups in total. The van der Waals surface area contributed by atoms with Gasteiger partial charge in [-0.1, -0.05) is 80.4 Å². The van der Waals surface area contributed by atoms with Gasteiger partial charge in [-0.15, -0.1) is 0 Å². The first kappa shape index (κ1) is 38.9. The number of benzene rings is 4. The first-order valence-corrected chi connectivity index (χ1v) is 22.4. The second kappa shape index (κ2) is 16.4. The van der Waals surface area contributed by atoms with Gasteiger partial charge >= 0.3 is 6.09 Å². The van der Waals surface area contributed by atoms with Crippen molar-refractivity contribution in [2.24, 2.45) is 0 Å². The summed E-state index contributed by atoms with van der Waals surface area (Å²) in [5.41, 5.74) is 5.56. The number of fused-ring (bicyclic) bond motifs is 2. The SMILES string of the molecule is Cc1cccc2c1N(C1CCN(S(=O)(=O)c3cccc(Br)c3)CC1)COC2.O=C1OCc2ccccc2N1C1CCN(S(=O)(=O)c2cccc(Br)c2)CC1. The predicted molar refractivity (Wildman–Crippen MR) is 214 cm³/mol. The molecule has 0 saturated carbocycles. The maximum Gasteiger partial charge on any atom is 0.414 e. The molecule has 54 heavy (non-hydrogen) atoms. The van der Waals surface area contributed by atoms with Crippen LogP contribution >= 0.6 is 31.9 Å². The molecule has 11 nitrogen and oxygen atoms in total. The number of ether oxygens (including phenoxy) is 2. The first-order valence-electron chi connectivity index (χ1n) is 17.9. The molecule has 15 heteroatoms. The van der Waals surface area contributed by atoms with E-state index in [-0.39, 0.29) is 23.6 Å². The molecule has 0 unspecified atom stereocenters. The van der Waals surface area contributed by atoms with Gasteiger partial charge in [-0.05, 0) is 80.6 Å². The van der Waals surface area contributed by atoms with E-state index in [9.17, 15) is 21.6 Å². The fraction of sp³-hybridized carbons (Fsp3) is 0.359. The van der Waals surface area contributed by atoms with Crippen LogP contribution < -0.4 is 9.80 Å². The molecular formula is C39H42Br2N4O7S2. The molecule has 0 radical (unpaired) electrons. The van der Waals surface area contributed by atoms with Gasteiger partial charge in [0.1, 0.15) is 13.3 Å². The quantitative estimate of drug-likeness (QED) is 0.194. The number of para-hydroxylation sites is 2. The van der Waals surface area contributed by atoms with Crippen LogP contribution in [0.1, 0.15) is 42.4 Å². The number of anilines is 2. The lowest BCUT2D eigenvalue weighted by molar-refractivity contribution is 0.0986. The van der Waals surface area contributed by atoms with Crippen LogP contribution in [0.25, 0.3) is 0 Å². The van der Waals surface area contributed by atoms with Gasteiger partial charge in [-0.3, -0.25) is 4.90 Å². The fourth-order valence-corrected chi connectivity index (χ4v) is 11.8. The summed E-state index contributed by atoms with van der Waals surface area (Å²) in [6, 6.07) is 27.8. The van der Waals surface area contributed by atoms with Crippen molar-refractivity contribution in [2.45, 2.75) is 67.7 Å². The third kappa shape index (κ3) is 8.13. The van der Waals surface area contributed by atoms with Crippen LogP contribution in [0.15, 0.2) is 110 Å². The Balaban J connectivity index is 0.000000167. The van der Waals surface area contributed by atoms with Crippen molar-refractivity contribution in [3.05, 3.63) is 117 Å². The number of hydrogen-bond acceptors (Lipinski definition) is 8. The molecule has 4 aromatic rings. The zero-order chi connectivity index (χ0) is 38.0. The zero-order valence-corrected chi connectivity index (χ0v) is 34.6. The number of carbonyl (C=O) groups is 1. The summed E-state index contributed by atoms with van der Waals surface area (Å²) in [6.07, 6.45) is 2.37. The third-order valence-electron chi connectivity index (χ3n) is 10.4. The van der Waals surface area contributed by atoms with E-state index in [0.717, 1.165) is 33.0 Å². The number of carbonyl (C=O) groups excluding carboxylic acids is 1. The van der Waals surface area contributed by atoms with E-state index in [1.54, 1.807) is 51.7 Å². The van der Waals surface area contributed by atoms with Crippen molar-refractivity contribution >= 4 is 69.4 Å². The van der Waals surface area contributed by atoms with Crippen molar-refractivity contribution in [1.82, 2.24) is 8.61 Å². The minimum Gasteiger partial charge on any atom is -0.444 e. The molecule has 4 aromatic carbocycles. The molecule has 2 fully saturated rings. The molecule has 0 aliphatic carbocycles. The maximum atomic E-state index is 12.9. The van der Waals surface area contributed by atoms with Crippen molar-refractivity contribution in [3.8, 4) is 0 Å². The second-order valence-electron chi connectivity index (χ2n) is 13.8. The molecule has 4 aliphatic heterocycles. The number of amides is 1. The summed E-state index contributed by atoms with van der Waals surface area (Å²) >= 11 is 6.68. The van der Waals surface area contributed by atoms with E-state index in [1.807, 2.05) is 30.3 Å². The Bertz CT molecular complexity index is 2230. The van der Waals surface area contributed by atoms with Gasteiger partial charge < -0.3 is 14.4 Å². The molecule has 0 aromatic heterocycles. The summed E-state index contributed by atoms with van der Waals surface area (Å²) in [5.74, 6) is 0. The number of hydrogen-bond donors (Lipinski definition) is 0. The molecular weight excluding hydrogens is 860 g/mol. The van der Waals surface area contributed by atoms with Crippen molar-refractivity contribution in [1.29, 1.82) is 0 Å². The van der Waals surface area contributed by atoms with Gasteiger partial charge in [-0.2, -0.15) is 8.61 Å². The van der Waals surface area contributed by atoms with Crippen molar-refractivity contribution in [3.63, 3.8) is 0 Å². The fourth-order valence-electron chi connectivity index (χ4n) is 7.66. The topological polar surface area (TPSA) is 117 Å². The van der Waals surface area contributed by atoms with E-state index in [4.69, 9.17) is 9.47 Å². The highest BCUT2D eigenvalue weighted by molar-refractivity contribution is 9.10. The Hall–Kier alpha value is -3.31. The Morgan fingerprint density at radius 1 is 0.648 bits per heavy atom. The van der Waals surface area contributed by atoms with E-state index in [1.165, 1.54) is 21.1 Å². The van der Waals surface area contributed by atoms with Crippen LogP contribution in [-0.2, 0) is 42.7 Å². The van der Waals surface area contributed by atoms with Gasteiger partial charge in [0.2, 0.25) is 20.0 Å². The highest BCUT2D eigenvalue weighted by atomic mass is 79.9. The number of rotatable bonds is 6. The smallest absolute Gasteiger partial charge is 0.414 e. The second-order valence-corrected chi connectivity index (χ2v) is 19.5. The van der Waals surface area contributed by atoms with E-state index >= 15 is 0 Å². The molecule has 1 amide bonds. The molecule has 2 saturated heterocycles. The van der Waals surface area contributed by atoms with Crippen LogP contribution in [0.3, 0.4) is 0 Å². The summed E-state index contributed by atoms with van der Waals surface area (Å²) < 4.78 is 67.3. The minimum atomic E-state index is -3.54. The lowest BCUT2D eigenvalue weighted by atomic mass is 10.00. The average molecular weight is 903 g/mol. The van der Waals surface area contributed by atoms with Gasteiger partial charge in [0, 0.05) is 64.0 Å². The Morgan fingerprint density at radius 3 is 1.78 bits per heavy atom. The first-order chi connectivity index (χ1) is 25.9. The number of nitrogens with zero attached hydrogens (tertiary/aromatic N) is 4. The number of aryl methyl sites for hydroxylation is 1. The number of halogens is 2. The molecule has 4 heterocycles. The van der Waals surface area contributed by atoms with Gasteiger partial charge in [-0.25, -0.2) is 21.6 Å². The Labute approximate surface area is 334 Å².